The van der Waals surface area contributed by atoms with Gasteiger partial charge >= 0.3 is 0 Å². The molecule has 26 heavy (non-hydrogen) atoms. The van der Waals surface area contributed by atoms with Crippen molar-refractivity contribution < 1.29 is 13.5 Å². The van der Waals surface area contributed by atoms with Gasteiger partial charge in [-0.1, -0.05) is 18.2 Å². The van der Waals surface area contributed by atoms with Crippen LogP contribution in [0.2, 0.25) is 5.15 Å². The van der Waals surface area contributed by atoms with E-state index in [-0.39, 0.29) is 22.1 Å². The molecule has 10 heteroatoms. The molecule has 1 fully saturated rings. The Hall–Kier alpha value is -2.26. The minimum atomic E-state index is -2.76. The third kappa shape index (κ3) is 3.78. The van der Waals surface area contributed by atoms with Gasteiger partial charge in [-0.2, -0.15) is 5.10 Å². The number of hydrazone groups is 1. The number of alkyl halides is 2. The number of anilines is 1. The number of rotatable bonds is 6. The van der Waals surface area contributed by atoms with E-state index in [2.05, 4.69) is 27.0 Å². The summed E-state index contributed by atoms with van der Waals surface area (Å²) < 4.78 is 34.2. The Morgan fingerprint density at radius 1 is 1.50 bits per heavy atom. The third-order valence-corrected chi connectivity index (χ3v) is 4.20. The fraction of sp³-hybridized carbons (Fsp3) is 0.438. The van der Waals surface area contributed by atoms with Crippen LogP contribution in [0.3, 0.4) is 0 Å². The molecule has 0 aliphatic carbocycles. The van der Waals surface area contributed by atoms with Gasteiger partial charge in [0.15, 0.2) is 11.5 Å². The van der Waals surface area contributed by atoms with Gasteiger partial charge in [0.1, 0.15) is 23.2 Å². The highest BCUT2D eigenvalue weighted by Crippen LogP contribution is 2.35. The molecule has 0 aromatic carbocycles. The molecule has 1 N–H and O–H groups in total. The summed E-state index contributed by atoms with van der Waals surface area (Å²) in [6, 6.07) is 1.51. The number of hydrogen-bond donors (Lipinski definition) is 1. The Labute approximate surface area is 154 Å². The maximum atomic E-state index is 13.6. The number of ether oxygens (including phenoxy) is 1. The number of pyridine rings is 1. The van der Waals surface area contributed by atoms with Crippen LogP contribution < -0.4 is 5.32 Å². The van der Waals surface area contributed by atoms with Crippen LogP contribution in [0.15, 0.2) is 23.9 Å². The van der Waals surface area contributed by atoms with Crippen molar-refractivity contribution >= 4 is 34.8 Å². The summed E-state index contributed by atoms with van der Waals surface area (Å²) in [5, 5.41) is 8.58. The van der Waals surface area contributed by atoms with Gasteiger partial charge in [0, 0.05) is 25.9 Å². The number of imidazole rings is 1. The minimum absolute atomic E-state index is 0.156. The summed E-state index contributed by atoms with van der Waals surface area (Å²) >= 11 is 6.10. The van der Waals surface area contributed by atoms with Crippen molar-refractivity contribution in [2.24, 2.45) is 5.10 Å². The van der Waals surface area contributed by atoms with E-state index in [4.69, 9.17) is 16.3 Å². The Balaban J connectivity index is 2.07. The summed E-state index contributed by atoms with van der Waals surface area (Å²) in [4.78, 5) is 8.32. The summed E-state index contributed by atoms with van der Waals surface area (Å²) in [7, 11) is 1.70. The van der Waals surface area contributed by atoms with E-state index in [1.54, 1.807) is 7.05 Å². The van der Waals surface area contributed by atoms with Crippen LogP contribution >= 0.6 is 11.6 Å². The van der Waals surface area contributed by atoms with Gasteiger partial charge in [-0.15, -0.1) is 0 Å². The van der Waals surface area contributed by atoms with Gasteiger partial charge in [0.05, 0.1) is 5.69 Å². The number of nitrogens with zero attached hydrogens (tertiary/aromatic N) is 5. The second kappa shape index (κ2) is 7.96. The van der Waals surface area contributed by atoms with Crippen molar-refractivity contribution in [2.75, 3.05) is 19.0 Å². The van der Waals surface area contributed by atoms with Crippen LogP contribution in [0.4, 0.5) is 14.5 Å². The van der Waals surface area contributed by atoms with Gasteiger partial charge in [-0.3, -0.25) is 9.58 Å². The average molecular weight is 385 g/mol. The lowest BCUT2D eigenvalue weighted by Gasteiger charge is -2.25. The van der Waals surface area contributed by atoms with Gasteiger partial charge < -0.3 is 10.1 Å². The van der Waals surface area contributed by atoms with Crippen LogP contribution in [0.25, 0.3) is 11.2 Å². The molecule has 0 spiro atoms. The molecule has 1 aliphatic heterocycles. The predicted molar refractivity (Wildman–Crippen MR) is 96.4 cm³/mol. The van der Waals surface area contributed by atoms with E-state index in [0.29, 0.717) is 18.7 Å². The molecule has 1 aliphatic rings. The fourth-order valence-electron chi connectivity index (χ4n) is 2.76. The first kappa shape index (κ1) is 18.5. The molecule has 2 aromatic heterocycles. The molecule has 0 radical (unpaired) electrons. The quantitative estimate of drug-likeness (QED) is 0.350. The van der Waals surface area contributed by atoms with Crippen LogP contribution in [0, 0.1) is 0 Å². The highest BCUT2D eigenvalue weighted by atomic mass is 35.5. The second-order valence-corrected chi connectivity index (χ2v) is 6.16. The van der Waals surface area contributed by atoms with Gasteiger partial charge in [-0.05, 0) is 19.3 Å². The number of aromatic nitrogens is 3. The van der Waals surface area contributed by atoms with Crippen molar-refractivity contribution in [3.8, 4) is 0 Å². The van der Waals surface area contributed by atoms with Crippen molar-refractivity contribution in [3.63, 3.8) is 0 Å². The lowest BCUT2D eigenvalue weighted by atomic mass is 10.2. The number of halogens is 3. The smallest absolute Gasteiger partial charge is 0.295 e. The summed E-state index contributed by atoms with van der Waals surface area (Å²) in [5.41, 5.74) is 0.969. The van der Waals surface area contributed by atoms with E-state index >= 15 is 0 Å². The Bertz CT molecular complexity index is 819. The normalized spacial score (nSPS) is 18.0. The van der Waals surface area contributed by atoms with Gasteiger partial charge in [-0.25, -0.2) is 18.7 Å². The molecule has 0 saturated carbocycles. The summed E-state index contributed by atoms with van der Waals surface area (Å²) in [6.07, 6.45) is 2.02. The highest BCUT2D eigenvalue weighted by molar-refractivity contribution is 6.30. The maximum Gasteiger partial charge on any atom is 0.295 e. The molecule has 3 heterocycles. The van der Waals surface area contributed by atoms with Crippen molar-refractivity contribution in [3.05, 3.63) is 29.8 Å². The zero-order valence-electron chi connectivity index (χ0n) is 14.2. The maximum absolute atomic E-state index is 13.6. The molecular formula is C16H19ClF2N6O. The first-order valence-corrected chi connectivity index (χ1v) is 8.51. The van der Waals surface area contributed by atoms with E-state index in [1.807, 2.05) is 0 Å². The molecule has 140 valence electrons. The summed E-state index contributed by atoms with van der Waals surface area (Å²) in [5.74, 6) is -0.384. The largest absolute Gasteiger partial charge is 0.358 e. The lowest BCUT2D eigenvalue weighted by molar-refractivity contribution is -0.0363. The zero-order chi connectivity index (χ0) is 18.7. The van der Waals surface area contributed by atoms with Crippen molar-refractivity contribution in [1.82, 2.24) is 19.5 Å². The van der Waals surface area contributed by atoms with Crippen LogP contribution in [0.1, 0.15) is 37.7 Å². The Morgan fingerprint density at radius 2 is 2.31 bits per heavy atom. The fourth-order valence-corrected chi connectivity index (χ4v) is 2.95. The SMILES string of the molecule is C=CN(C)/N=C\Nc1cc(Cl)nc2c1nc(C(F)F)n2C1CCCCO1. The monoisotopic (exact) mass is 384 g/mol. The zero-order valence-corrected chi connectivity index (χ0v) is 15.0. The highest BCUT2D eigenvalue weighted by Gasteiger charge is 2.28. The molecule has 1 saturated heterocycles. The molecule has 0 bridgehead atoms. The lowest BCUT2D eigenvalue weighted by Crippen LogP contribution is -2.20. The third-order valence-electron chi connectivity index (χ3n) is 4.01. The van der Waals surface area contributed by atoms with Crippen LogP contribution in [0.5, 0.6) is 0 Å². The number of hydrogen-bond acceptors (Lipinski definition) is 5. The molecule has 3 rings (SSSR count). The first-order chi connectivity index (χ1) is 12.5. The number of nitrogens with one attached hydrogen (secondary N) is 1. The molecule has 1 atom stereocenters. The second-order valence-electron chi connectivity index (χ2n) is 5.77. The molecular weight excluding hydrogens is 366 g/mol. The van der Waals surface area contributed by atoms with Crippen molar-refractivity contribution in [2.45, 2.75) is 31.9 Å². The number of fused-ring (bicyclic) bond motifs is 1. The van der Waals surface area contributed by atoms with Gasteiger partial charge in [0.25, 0.3) is 6.43 Å². The van der Waals surface area contributed by atoms with E-state index in [9.17, 15) is 8.78 Å². The van der Waals surface area contributed by atoms with E-state index in [1.165, 1.54) is 28.2 Å². The van der Waals surface area contributed by atoms with E-state index in [0.717, 1.165) is 12.8 Å². The Morgan fingerprint density at radius 3 is 2.96 bits per heavy atom. The molecule has 7 nitrogen and oxygen atoms in total. The standard InChI is InChI=1S/C16H19ClF2N6O/c1-3-24(2)21-9-20-10-8-11(17)22-15-13(10)23-16(14(18)19)25(15)12-6-4-5-7-26-12/h3,8-9,12,14H,1,4-7H2,2H3,(H,20,21,22). The first-order valence-electron chi connectivity index (χ1n) is 8.13. The van der Waals surface area contributed by atoms with E-state index < -0.39 is 12.7 Å². The summed E-state index contributed by atoms with van der Waals surface area (Å²) in [6.45, 7) is 4.09. The average Bonchev–Trinajstić information content (AvgIpc) is 3.01. The molecule has 2 aromatic rings. The van der Waals surface area contributed by atoms with Gasteiger partial charge in [0.2, 0.25) is 0 Å². The Kier molecular flexibility index (Phi) is 5.67. The minimum Gasteiger partial charge on any atom is -0.358 e. The topological polar surface area (TPSA) is 67.6 Å². The molecule has 1 unspecified atom stereocenters. The van der Waals surface area contributed by atoms with Crippen molar-refractivity contribution in [1.29, 1.82) is 0 Å². The van der Waals surface area contributed by atoms with Crippen LogP contribution in [-0.2, 0) is 4.74 Å². The molecule has 0 amide bonds. The predicted octanol–water partition coefficient (Wildman–Crippen LogP) is 4.15. The van der Waals surface area contributed by atoms with Crippen LogP contribution in [-0.4, -0.2) is 39.5 Å².